The number of carbonyl (C=O) groups is 1. The zero-order chi connectivity index (χ0) is 16.3. The molecule has 0 aliphatic rings. The summed E-state index contributed by atoms with van der Waals surface area (Å²) in [4.78, 5) is 15.0. The topological polar surface area (TPSA) is 96.4 Å². The molecule has 1 heterocycles. The average Bonchev–Trinajstić information content (AvgIpc) is 2.48. The standard InChI is InChI=1S/C15H16N2O4S/c1-10-3-4-14(7-11(10)2)22(20,21)17-9-13-8-12(15(18)19)5-6-16-13/h3-8,17H,9H2,1-2H3,(H,18,19). The number of aromatic carboxylic acids is 1. The third-order valence-electron chi connectivity index (χ3n) is 3.30. The van der Waals surface area contributed by atoms with Gasteiger partial charge in [0.2, 0.25) is 10.0 Å². The molecule has 7 heteroatoms. The van der Waals surface area contributed by atoms with Gasteiger partial charge in [0, 0.05) is 6.20 Å². The number of nitrogens with one attached hydrogen (secondary N) is 1. The summed E-state index contributed by atoms with van der Waals surface area (Å²) in [6.07, 6.45) is 1.34. The molecule has 0 saturated carbocycles. The second-order valence-electron chi connectivity index (χ2n) is 4.91. The van der Waals surface area contributed by atoms with E-state index in [0.29, 0.717) is 5.69 Å². The second kappa shape index (κ2) is 6.25. The molecule has 6 nitrogen and oxygen atoms in total. The highest BCUT2D eigenvalue weighted by molar-refractivity contribution is 7.89. The third kappa shape index (κ3) is 3.69. The van der Waals surface area contributed by atoms with Gasteiger partial charge < -0.3 is 5.11 Å². The lowest BCUT2D eigenvalue weighted by Gasteiger charge is -2.08. The number of pyridine rings is 1. The van der Waals surface area contributed by atoms with Crippen molar-refractivity contribution < 1.29 is 18.3 Å². The number of carboxylic acid groups (broad SMARTS) is 1. The Bertz CT molecular complexity index is 816. The Morgan fingerprint density at radius 1 is 1.18 bits per heavy atom. The number of benzene rings is 1. The Kier molecular flexibility index (Phi) is 4.58. The van der Waals surface area contributed by atoms with Crippen LogP contribution in [0.4, 0.5) is 0 Å². The van der Waals surface area contributed by atoms with Gasteiger partial charge in [-0.25, -0.2) is 17.9 Å². The highest BCUT2D eigenvalue weighted by Gasteiger charge is 2.15. The lowest BCUT2D eigenvalue weighted by molar-refractivity contribution is 0.0696. The van der Waals surface area contributed by atoms with E-state index in [1.165, 1.54) is 24.4 Å². The van der Waals surface area contributed by atoms with Crippen molar-refractivity contribution in [2.45, 2.75) is 25.3 Å². The van der Waals surface area contributed by atoms with Crippen LogP contribution in [0.3, 0.4) is 0 Å². The van der Waals surface area contributed by atoms with Crippen LogP contribution in [0.15, 0.2) is 41.4 Å². The van der Waals surface area contributed by atoms with Crippen molar-refractivity contribution in [3.05, 3.63) is 58.9 Å². The summed E-state index contributed by atoms with van der Waals surface area (Å²) in [6.45, 7) is 3.67. The van der Waals surface area contributed by atoms with Crippen LogP contribution in [-0.2, 0) is 16.6 Å². The molecule has 0 fully saturated rings. The van der Waals surface area contributed by atoms with Gasteiger partial charge in [0.15, 0.2) is 0 Å². The number of nitrogens with zero attached hydrogens (tertiary/aromatic N) is 1. The van der Waals surface area contributed by atoms with E-state index in [2.05, 4.69) is 9.71 Å². The zero-order valence-electron chi connectivity index (χ0n) is 12.2. The smallest absolute Gasteiger partial charge is 0.335 e. The molecule has 22 heavy (non-hydrogen) atoms. The molecular formula is C15H16N2O4S. The highest BCUT2D eigenvalue weighted by atomic mass is 32.2. The maximum atomic E-state index is 12.2. The fourth-order valence-electron chi connectivity index (χ4n) is 1.84. The minimum absolute atomic E-state index is 0.0652. The Hall–Kier alpha value is -2.25. The first-order chi connectivity index (χ1) is 10.3. The van der Waals surface area contributed by atoms with E-state index >= 15 is 0 Å². The molecule has 2 rings (SSSR count). The van der Waals surface area contributed by atoms with Gasteiger partial charge in [-0.1, -0.05) is 6.07 Å². The predicted octanol–water partition coefficient (Wildman–Crippen LogP) is 1.88. The first-order valence-corrected chi connectivity index (χ1v) is 8.03. The molecule has 116 valence electrons. The van der Waals surface area contributed by atoms with Crippen molar-refractivity contribution in [1.82, 2.24) is 9.71 Å². The third-order valence-corrected chi connectivity index (χ3v) is 4.69. The summed E-state index contributed by atoms with van der Waals surface area (Å²) < 4.78 is 26.9. The van der Waals surface area contributed by atoms with Crippen LogP contribution in [0.5, 0.6) is 0 Å². The quantitative estimate of drug-likeness (QED) is 0.877. The highest BCUT2D eigenvalue weighted by Crippen LogP contribution is 2.15. The van der Waals surface area contributed by atoms with Crippen molar-refractivity contribution in [3.8, 4) is 0 Å². The second-order valence-corrected chi connectivity index (χ2v) is 6.68. The molecule has 0 aliphatic carbocycles. The number of sulfonamides is 1. The fraction of sp³-hybridized carbons (Fsp3) is 0.200. The molecule has 0 radical (unpaired) electrons. The normalized spacial score (nSPS) is 11.4. The maximum absolute atomic E-state index is 12.2. The first kappa shape index (κ1) is 16.1. The molecule has 1 aromatic heterocycles. The van der Waals surface area contributed by atoms with E-state index in [-0.39, 0.29) is 17.0 Å². The summed E-state index contributed by atoms with van der Waals surface area (Å²) in [6, 6.07) is 7.56. The molecule has 2 aromatic rings. The number of carboxylic acids is 1. The van der Waals surface area contributed by atoms with Gasteiger partial charge in [-0.2, -0.15) is 0 Å². The van der Waals surface area contributed by atoms with Gasteiger partial charge in [-0.3, -0.25) is 4.98 Å². The summed E-state index contributed by atoms with van der Waals surface area (Å²) in [5.41, 5.74) is 2.30. The number of aryl methyl sites for hydroxylation is 2. The lowest BCUT2D eigenvalue weighted by Crippen LogP contribution is -2.24. The molecule has 0 spiro atoms. The monoisotopic (exact) mass is 320 g/mol. The van der Waals surface area contributed by atoms with Gasteiger partial charge in [-0.05, 0) is 49.2 Å². The fourth-order valence-corrected chi connectivity index (χ4v) is 2.92. The zero-order valence-corrected chi connectivity index (χ0v) is 13.0. The van der Waals surface area contributed by atoms with Gasteiger partial charge in [-0.15, -0.1) is 0 Å². The van der Waals surface area contributed by atoms with Crippen LogP contribution in [0.25, 0.3) is 0 Å². The molecule has 0 aliphatic heterocycles. The van der Waals surface area contributed by atoms with E-state index in [9.17, 15) is 13.2 Å². The van der Waals surface area contributed by atoms with Crippen LogP contribution in [0.2, 0.25) is 0 Å². The molecule has 0 atom stereocenters. The molecule has 1 aromatic carbocycles. The van der Waals surface area contributed by atoms with Gasteiger partial charge in [0.25, 0.3) is 0 Å². The minimum Gasteiger partial charge on any atom is -0.478 e. The first-order valence-electron chi connectivity index (χ1n) is 6.55. The number of rotatable bonds is 5. The summed E-state index contributed by atoms with van der Waals surface area (Å²) >= 11 is 0. The number of hydrogen-bond donors (Lipinski definition) is 2. The summed E-state index contributed by atoms with van der Waals surface area (Å²) in [5.74, 6) is -1.08. The van der Waals surface area contributed by atoms with Crippen molar-refractivity contribution in [2.24, 2.45) is 0 Å². The predicted molar refractivity (Wildman–Crippen MR) is 81.1 cm³/mol. The lowest BCUT2D eigenvalue weighted by atomic mass is 10.1. The van der Waals surface area contributed by atoms with Gasteiger partial charge >= 0.3 is 5.97 Å². The largest absolute Gasteiger partial charge is 0.478 e. The number of aromatic nitrogens is 1. The molecule has 2 N–H and O–H groups in total. The van der Waals surface area contributed by atoms with Gasteiger partial charge in [0.1, 0.15) is 0 Å². The van der Waals surface area contributed by atoms with E-state index < -0.39 is 16.0 Å². The minimum atomic E-state index is -3.67. The molecule has 0 saturated heterocycles. The van der Waals surface area contributed by atoms with Crippen LogP contribution in [0, 0.1) is 13.8 Å². The van der Waals surface area contributed by atoms with E-state index in [0.717, 1.165) is 11.1 Å². The summed E-state index contributed by atoms with van der Waals surface area (Å²) in [7, 11) is -3.67. The molecular weight excluding hydrogens is 304 g/mol. The van der Waals surface area contributed by atoms with Crippen LogP contribution in [-0.4, -0.2) is 24.5 Å². The summed E-state index contributed by atoms with van der Waals surface area (Å²) in [5, 5.41) is 8.91. The maximum Gasteiger partial charge on any atom is 0.335 e. The van der Waals surface area contributed by atoms with E-state index in [4.69, 9.17) is 5.11 Å². The van der Waals surface area contributed by atoms with Gasteiger partial charge in [0.05, 0.1) is 22.7 Å². The number of hydrogen-bond acceptors (Lipinski definition) is 4. The van der Waals surface area contributed by atoms with Crippen molar-refractivity contribution in [3.63, 3.8) is 0 Å². The van der Waals surface area contributed by atoms with E-state index in [1.807, 2.05) is 13.8 Å². The Morgan fingerprint density at radius 2 is 1.91 bits per heavy atom. The molecule has 0 unspecified atom stereocenters. The van der Waals surface area contributed by atoms with Crippen molar-refractivity contribution in [2.75, 3.05) is 0 Å². The average molecular weight is 320 g/mol. The molecule has 0 amide bonds. The Morgan fingerprint density at radius 3 is 2.55 bits per heavy atom. The Labute approximate surface area is 128 Å². The van der Waals surface area contributed by atoms with Crippen molar-refractivity contribution >= 4 is 16.0 Å². The van der Waals surface area contributed by atoms with E-state index in [1.54, 1.807) is 12.1 Å². The molecule has 0 bridgehead atoms. The van der Waals surface area contributed by atoms with Crippen LogP contribution >= 0.6 is 0 Å². The SMILES string of the molecule is Cc1ccc(S(=O)(=O)NCc2cc(C(=O)O)ccn2)cc1C. The van der Waals surface area contributed by atoms with Crippen LogP contribution in [0.1, 0.15) is 27.2 Å². The van der Waals surface area contributed by atoms with Crippen molar-refractivity contribution in [1.29, 1.82) is 0 Å². The van der Waals surface area contributed by atoms with Crippen LogP contribution < -0.4 is 4.72 Å². The Balaban J connectivity index is 2.17.